The van der Waals surface area contributed by atoms with Gasteiger partial charge >= 0.3 is 0 Å². The van der Waals surface area contributed by atoms with E-state index in [-0.39, 0.29) is 23.5 Å². The normalized spacial score (nSPS) is 17.9. The van der Waals surface area contributed by atoms with Crippen molar-refractivity contribution in [3.8, 4) is 11.5 Å². The number of carbonyl (C=O) groups is 1. The van der Waals surface area contributed by atoms with Crippen molar-refractivity contribution in [3.05, 3.63) is 42.2 Å². The monoisotopic (exact) mass is 391 g/mol. The highest BCUT2D eigenvalue weighted by atomic mass is 32.2. The van der Waals surface area contributed by atoms with Crippen LogP contribution >= 0.6 is 0 Å². The Balaban J connectivity index is 1.71. The summed E-state index contributed by atoms with van der Waals surface area (Å²) in [5.74, 6) is 0.931. The summed E-state index contributed by atoms with van der Waals surface area (Å²) in [6.07, 6.45) is 3.47. The number of hydrogen-bond acceptors (Lipinski definition) is 7. The predicted octanol–water partition coefficient (Wildman–Crippen LogP) is 1.76. The summed E-state index contributed by atoms with van der Waals surface area (Å²) in [6.45, 7) is 0. The van der Waals surface area contributed by atoms with Gasteiger partial charge < -0.3 is 20.1 Å². The highest BCUT2D eigenvalue weighted by Gasteiger charge is 2.29. The molecule has 8 nitrogen and oxygen atoms in total. The summed E-state index contributed by atoms with van der Waals surface area (Å²) < 4.78 is 33.5. The van der Waals surface area contributed by atoms with E-state index in [9.17, 15) is 13.2 Å². The second-order valence-corrected chi connectivity index (χ2v) is 8.46. The fourth-order valence-corrected chi connectivity index (χ4v) is 4.56. The van der Waals surface area contributed by atoms with Crippen molar-refractivity contribution in [3.63, 3.8) is 0 Å². The smallest absolute Gasteiger partial charge is 0.253 e. The number of pyridine rings is 1. The molecular weight excluding hydrogens is 370 g/mol. The second-order valence-electron chi connectivity index (χ2n) is 6.23. The predicted molar refractivity (Wildman–Crippen MR) is 102 cm³/mol. The van der Waals surface area contributed by atoms with E-state index in [4.69, 9.17) is 9.47 Å². The highest BCUT2D eigenvalue weighted by molar-refractivity contribution is 7.91. The largest absolute Gasteiger partial charge is 0.493 e. The summed E-state index contributed by atoms with van der Waals surface area (Å²) in [4.78, 5) is 16.5. The first-order valence-corrected chi connectivity index (χ1v) is 10.2. The van der Waals surface area contributed by atoms with E-state index < -0.39 is 9.84 Å². The van der Waals surface area contributed by atoms with Crippen LogP contribution in [0.1, 0.15) is 16.8 Å². The van der Waals surface area contributed by atoms with Gasteiger partial charge in [-0.1, -0.05) is 0 Å². The zero-order valence-corrected chi connectivity index (χ0v) is 15.9. The van der Waals surface area contributed by atoms with Crippen LogP contribution in [-0.4, -0.2) is 51.1 Å². The van der Waals surface area contributed by atoms with Crippen molar-refractivity contribution in [1.29, 1.82) is 0 Å². The first-order valence-electron chi connectivity index (χ1n) is 8.35. The van der Waals surface area contributed by atoms with Crippen molar-refractivity contribution in [1.82, 2.24) is 10.3 Å². The van der Waals surface area contributed by atoms with Crippen molar-refractivity contribution >= 4 is 27.1 Å². The number of aromatic nitrogens is 1. The molecule has 2 heterocycles. The Morgan fingerprint density at radius 2 is 1.89 bits per heavy atom. The summed E-state index contributed by atoms with van der Waals surface area (Å²) >= 11 is 0. The minimum atomic E-state index is -3.05. The number of sulfone groups is 1. The van der Waals surface area contributed by atoms with Crippen LogP contribution < -0.4 is 20.1 Å². The topological polar surface area (TPSA) is 107 Å². The SMILES string of the molecule is COc1ccc(Nc2cncc(C(=O)NC3CCS(=O)(=O)C3)c2)cc1OC. The van der Waals surface area contributed by atoms with E-state index in [0.29, 0.717) is 29.2 Å². The quantitative estimate of drug-likeness (QED) is 0.773. The zero-order chi connectivity index (χ0) is 19.4. The van der Waals surface area contributed by atoms with Gasteiger partial charge in [0.25, 0.3) is 5.91 Å². The van der Waals surface area contributed by atoms with Gasteiger partial charge in [0.2, 0.25) is 0 Å². The fourth-order valence-electron chi connectivity index (χ4n) is 2.89. The van der Waals surface area contributed by atoms with E-state index in [1.54, 1.807) is 38.6 Å². The molecule has 2 N–H and O–H groups in total. The number of nitrogens with one attached hydrogen (secondary N) is 2. The molecule has 1 aliphatic rings. The lowest BCUT2D eigenvalue weighted by Crippen LogP contribution is -2.35. The van der Waals surface area contributed by atoms with Gasteiger partial charge in [0.15, 0.2) is 21.3 Å². The molecule has 144 valence electrons. The number of hydrogen-bond donors (Lipinski definition) is 2. The number of amides is 1. The lowest BCUT2D eigenvalue weighted by molar-refractivity contribution is 0.0941. The van der Waals surface area contributed by atoms with Crippen LogP contribution in [0.4, 0.5) is 11.4 Å². The molecule has 1 unspecified atom stereocenters. The van der Waals surface area contributed by atoms with E-state index >= 15 is 0 Å². The van der Waals surface area contributed by atoms with E-state index in [1.165, 1.54) is 6.20 Å². The van der Waals surface area contributed by atoms with Crippen molar-refractivity contribution in [2.45, 2.75) is 12.5 Å². The number of nitrogens with zero attached hydrogens (tertiary/aromatic N) is 1. The lowest BCUT2D eigenvalue weighted by atomic mass is 10.2. The molecule has 0 bridgehead atoms. The first-order chi connectivity index (χ1) is 12.9. The summed E-state index contributed by atoms with van der Waals surface area (Å²) in [5, 5.41) is 5.91. The van der Waals surface area contributed by atoms with Gasteiger partial charge in [-0.15, -0.1) is 0 Å². The van der Waals surface area contributed by atoms with Crippen LogP contribution in [0.5, 0.6) is 11.5 Å². The molecule has 0 radical (unpaired) electrons. The molecule has 0 spiro atoms. The molecule has 1 saturated heterocycles. The van der Waals surface area contributed by atoms with Gasteiger partial charge in [0, 0.05) is 24.0 Å². The highest BCUT2D eigenvalue weighted by Crippen LogP contribution is 2.31. The molecule has 27 heavy (non-hydrogen) atoms. The maximum Gasteiger partial charge on any atom is 0.253 e. The Kier molecular flexibility index (Phi) is 5.50. The number of ether oxygens (including phenoxy) is 2. The summed E-state index contributed by atoms with van der Waals surface area (Å²) in [6, 6.07) is 6.66. The molecule has 1 fully saturated rings. The van der Waals surface area contributed by atoms with Gasteiger partial charge in [0.1, 0.15) is 0 Å². The molecule has 9 heteroatoms. The molecule has 1 aromatic heterocycles. The van der Waals surface area contributed by atoms with Crippen LogP contribution in [0.3, 0.4) is 0 Å². The molecule has 1 amide bonds. The van der Waals surface area contributed by atoms with Gasteiger partial charge in [-0.05, 0) is 24.6 Å². The van der Waals surface area contributed by atoms with Crippen LogP contribution in [0.2, 0.25) is 0 Å². The number of carbonyl (C=O) groups excluding carboxylic acids is 1. The van der Waals surface area contributed by atoms with E-state index in [1.807, 2.05) is 6.07 Å². The number of anilines is 2. The summed E-state index contributed by atoms with van der Waals surface area (Å²) in [5.41, 5.74) is 1.72. The number of methoxy groups -OCH3 is 2. The van der Waals surface area contributed by atoms with Gasteiger partial charge in [-0.25, -0.2) is 8.42 Å². The van der Waals surface area contributed by atoms with Crippen LogP contribution in [-0.2, 0) is 9.84 Å². The van der Waals surface area contributed by atoms with Crippen molar-refractivity contribution < 1.29 is 22.7 Å². The van der Waals surface area contributed by atoms with Crippen LogP contribution in [0.15, 0.2) is 36.7 Å². The Morgan fingerprint density at radius 3 is 2.56 bits per heavy atom. The van der Waals surface area contributed by atoms with Crippen LogP contribution in [0.25, 0.3) is 0 Å². The average molecular weight is 391 g/mol. The van der Waals surface area contributed by atoms with E-state index in [0.717, 1.165) is 5.69 Å². The Labute approximate surface area is 157 Å². The molecule has 1 atom stereocenters. The van der Waals surface area contributed by atoms with Crippen molar-refractivity contribution in [2.75, 3.05) is 31.0 Å². The standard InChI is InChI=1S/C18H21N3O5S/c1-25-16-4-3-13(8-17(16)26-2)20-15-7-12(9-19-10-15)18(22)21-14-5-6-27(23,24)11-14/h3-4,7-10,14,20H,5-6,11H2,1-2H3,(H,21,22). The Bertz CT molecular complexity index is 946. The maximum atomic E-state index is 12.4. The van der Waals surface area contributed by atoms with Crippen LogP contribution in [0, 0.1) is 0 Å². The fraction of sp³-hybridized carbons (Fsp3) is 0.333. The van der Waals surface area contributed by atoms with Gasteiger partial charge in [0.05, 0.1) is 43.2 Å². The summed E-state index contributed by atoms with van der Waals surface area (Å²) in [7, 11) is 0.0657. The molecular formula is C18H21N3O5S. The minimum absolute atomic E-state index is 0.0181. The van der Waals surface area contributed by atoms with Gasteiger partial charge in [-0.2, -0.15) is 0 Å². The Hall–Kier alpha value is -2.81. The molecule has 0 aliphatic carbocycles. The molecule has 1 aromatic carbocycles. The molecule has 0 saturated carbocycles. The third-order valence-corrected chi connectivity index (χ3v) is 6.01. The van der Waals surface area contributed by atoms with Crippen molar-refractivity contribution in [2.24, 2.45) is 0 Å². The number of benzene rings is 1. The molecule has 2 aromatic rings. The van der Waals surface area contributed by atoms with Gasteiger partial charge in [-0.3, -0.25) is 9.78 Å². The second kappa shape index (κ2) is 7.83. The van der Waals surface area contributed by atoms with E-state index in [2.05, 4.69) is 15.6 Å². The third kappa shape index (κ3) is 4.68. The maximum absolute atomic E-state index is 12.4. The Morgan fingerprint density at radius 1 is 1.11 bits per heavy atom. The lowest BCUT2D eigenvalue weighted by Gasteiger charge is -2.13. The number of rotatable bonds is 6. The third-order valence-electron chi connectivity index (χ3n) is 4.24. The molecule has 1 aliphatic heterocycles. The average Bonchev–Trinajstić information content (AvgIpc) is 3.00. The molecule has 3 rings (SSSR count). The zero-order valence-electron chi connectivity index (χ0n) is 15.1. The first kappa shape index (κ1) is 19.0. The minimum Gasteiger partial charge on any atom is -0.493 e.